The third-order valence-electron chi connectivity index (χ3n) is 4.60. The number of amides is 1. The molecule has 0 fully saturated rings. The largest absolute Gasteiger partial charge is 0.480 e. The fourth-order valence-electron chi connectivity index (χ4n) is 3.07. The molecule has 0 radical (unpaired) electrons. The highest BCUT2D eigenvalue weighted by Gasteiger charge is 2.29. The van der Waals surface area contributed by atoms with Gasteiger partial charge < -0.3 is 9.84 Å². The van der Waals surface area contributed by atoms with Crippen LogP contribution in [0.25, 0.3) is 10.9 Å². The molecule has 1 atom stereocenters. The highest BCUT2D eigenvalue weighted by Crippen LogP contribution is 2.23. The van der Waals surface area contributed by atoms with Crippen LogP contribution in [0.4, 0.5) is 4.79 Å². The molecule has 2 aromatic carbocycles. The first-order valence-corrected chi connectivity index (χ1v) is 8.71. The van der Waals surface area contributed by atoms with Crippen molar-refractivity contribution in [1.82, 2.24) is 9.47 Å². The summed E-state index contributed by atoms with van der Waals surface area (Å²) in [7, 11) is 1.39. The molecule has 1 heterocycles. The van der Waals surface area contributed by atoms with Crippen LogP contribution in [0.15, 0.2) is 60.8 Å². The van der Waals surface area contributed by atoms with Crippen molar-refractivity contribution in [3.8, 4) is 0 Å². The minimum atomic E-state index is -1.15. The number of carbonyl (C=O) groups excluding carboxylic acids is 2. The first-order chi connectivity index (χ1) is 13.5. The van der Waals surface area contributed by atoms with Gasteiger partial charge >= 0.3 is 12.1 Å². The Morgan fingerprint density at radius 3 is 2.50 bits per heavy atom. The molecule has 1 aromatic heterocycles. The van der Waals surface area contributed by atoms with Gasteiger partial charge in [-0.25, -0.2) is 9.59 Å². The van der Waals surface area contributed by atoms with E-state index in [0.717, 1.165) is 15.8 Å². The molecule has 7 nitrogen and oxygen atoms in total. The second kappa shape index (κ2) is 8.39. The predicted molar refractivity (Wildman–Crippen MR) is 104 cm³/mol. The van der Waals surface area contributed by atoms with Gasteiger partial charge in [0.05, 0.1) is 5.52 Å². The molecule has 0 aliphatic carbocycles. The van der Waals surface area contributed by atoms with Gasteiger partial charge in [-0.05, 0) is 17.2 Å². The topological polar surface area (TPSA) is 88.8 Å². The lowest BCUT2D eigenvalue weighted by molar-refractivity contribution is -0.142. The molecule has 0 aliphatic rings. The molecule has 1 N–H and O–H groups in total. The van der Waals surface area contributed by atoms with E-state index in [0.29, 0.717) is 17.5 Å². The number of nitrogens with zero attached hydrogens (tertiary/aromatic N) is 2. The Labute approximate surface area is 161 Å². The Hall–Kier alpha value is -3.61. The molecular weight excluding hydrogens is 360 g/mol. The summed E-state index contributed by atoms with van der Waals surface area (Å²) in [6.07, 6.45) is 1.58. The summed E-state index contributed by atoms with van der Waals surface area (Å²) in [4.78, 5) is 36.5. The van der Waals surface area contributed by atoms with Gasteiger partial charge in [0.1, 0.15) is 12.6 Å². The molecule has 0 saturated carbocycles. The van der Waals surface area contributed by atoms with E-state index < -0.39 is 18.1 Å². The van der Waals surface area contributed by atoms with E-state index in [9.17, 15) is 19.5 Å². The molecule has 3 rings (SSSR count). The quantitative estimate of drug-likeness (QED) is 0.637. The summed E-state index contributed by atoms with van der Waals surface area (Å²) < 4.78 is 6.63. The number of likely N-dealkylation sites (N-methyl/N-ethyl adjacent to an activating group) is 1. The molecule has 0 bridgehead atoms. The van der Waals surface area contributed by atoms with Gasteiger partial charge in [-0.2, -0.15) is 0 Å². The first-order valence-electron chi connectivity index (χ1n) is 8.71. The van der Waals surface area contributed by atoms with Crippen LogP contribution in [0.5, 0.6) is 0 Å². The fourth-order valence-corrected chi connectivity index (χ4v) is 3.07. The smallest absolute Gasteiger partial charge is 0.410 e. The highest BCUT2D eigenvalue weighted by molar-refractivity contribution is 5.89. The third-order valence-corrected chi connectivity index (χ3v) is 4.60. The maximum absolute atomic E-state index is 12.4. The fraction of sp³-hybridized carbons (Fsp3) is 0.190. The molecule has 28 heavy (non-hydrogen) atoms. The van der Waals surface area contributed by atoms with Crippen molar-refractivity contribution in [2.75, 3.05) is 7.05 Å². The summed E-state index contributed by atoms with van der Waals surface area (Å²) >= 11 is 0. The van der Waals surface area contributed by atoms with Gasteiger partial charge in [-0.1, -0.05) is 48.5 Å². The number of aliphatic carboxylic acids is 1. The second-order valence-corrected chi connectivity index (χ2v) is 6.39. The predicted octanol–water partition coefficient (Wildman–Crippen LogP) is 2.94. The molecular formula is C21H20N2O5. The standard InChI is InChI=1S/C21H20N2O5/c1-22(21(27)28-13-15-7-3-2-4-8-15)19(20(25)26)11-16-12-23(14-24)18-10-6-5-9-17(16)18/h2-10,12,14,19H,11,13H2,1H3,(H,25,26)/t19-/m0/s1. The number of carbonyl (C=O) groups is 3. The van der Waals surface area contributed by atoms with Crippen LogP contribution < -0.4 is 0 Å². The number of hydrogen-bond donors (Lipinski definition) is 1. The zero-order valence-corrected chi connectivity index (χ0v) is 15.3. The van der Waals surface area contributed by atoms with Gasteiger partial charge in [-0.15, -0.1) is 0 Å². The molecule has 3 aromatic rings. The van der Waals surface area contributed by atoms with Crippen LogP contribution in [0.2, 0.25) is 0 Å². The van der Waals surface area contributed by atoms with Gasteiger partial charge in [-0.3, -0.25) is 14.3 Å². The Balaban J connectivity index is 1.77. The lowest BCUT2D eigenvalue weighted by atomic mass is 10.0. The Morgan fingerprint density at radius 2 is 1.82 bits per heavy atom. The molecule has 0 unspecified atom stereocenters. The van der Waals surface area contributed by atoms with E-state index in [-0.39, 0.29) is 13.0 Å². The summed E-state index contributed by atoms with van der Waals surface area (Å²) in [5.74, 6) is -1.15. The summed E-state index contributed by atoms with van der Waals surface area (Å²) in [5.41, 5.74) is 2.16. The number of hydrogen-bond acceptors (Lipinski definition) is 4. The second-order valence-electron chi connectivity index (χ2n) is 6.39. The van der Waals surface area contributed by atoms with Crippen molar-refractivity contribution in [1.29, 1.82) is 0 Å². The normalized spacial score (nSPS) is 11.8. The molecule has 0 saturated heterocycles. The number of aromatic nitrogens is 1. The monoisotopic (exact) mass is 380 g/mol. The van der Waals surface area contributed by atoms with E-state index >= 15 is 0 Å². The lowest BCUT2D eigenvalue weighted by Gasteiger charge is -2.24. The van der Waals surface area contributed by atoms with Crippen molar-refractivity contribution in [2.24, 2.45) is 0 Å². The minimum Gasteiger partial charge on any atom is -0.480 e. The summed E-state index contributed by atoms with van der Waals surface area (Å²) in [6.45, 7) is 0.0564. The number of carboxylic acid groups (broad SMARTS) is 1. The van der Waals surface area contributed by atoms with Gasteiger partial charge in [0.15, 0.2) is 0 Å². The van der Waals surface area contributed by atoms with Crippen molar-refractivity contribution in [3.05, 3.63) is 71.9 Å². The minimum absolute atomic E-state index is 0.0492. The molecule has 144 valence electrons. The van der Waals surface area contributed by atoms with Crippen LogP contribution in [-0.2, 0) is 27.4 Å². The average Bonchev–Trinajstić information content (AvgIpc) is 3.08. The number of benzene rings is 2. The van der Waals surface area contributed by atoms with Crippen LogP contribution in [0.1, 0.15) is 11.1 Å². The summed E-state index contributed by atoms with van der Waals surface area (Å²) in [5, 5.41) is 10.4. The van der Waals surface area contributed by atoms with E-state index in [1.165, 1.54) is 11.6 Å². The number of carboxylic acids is 1. The van der Waals surface area contributed by atoms with Crippen LogP contribution >= 0.6 is 0 Å². The number of ether oxygens (including phenoxy) is 1. The van der Waals surface area contributed by atoms with Crippen LogP contribution in [0, 0.1) is 0 Å². The third kappa shape index (κ3) is 4.03. The highest BCUT2D eigenvalue weighted by atomic mass is 16.6. The molecule has 1 amide bonds. The first kappa shape index (κ1) is 19.2. The van der Waals surface area contributed by atoms with Crippen molar-refractivity contribution >= 4 is 29.4 Å². The van der Waals surface area contributed by atoms with Crippen LogP contribution in [-0.4, -0.2) is 46.1 Å². The zero-order valence-electron chi connectivity index (χ0n) is 15.3. The van der Waals surface area contributed by atoms with E-state index in [4.69, 9.17) is 4.74 Å². The van der Waals surface area contributed by atoms with Gasteiger partial charge in [0.2, 0.25) is 6.41 Å². The van der Waals surface area contributed by atoms with Crippen molar-refractivity contribution in [2.45, 2.75) is 19.1 Å². The SMILES string of the molecule is CN(C(=O)OCc1ccccc1)[C@@H](Cc1cn(C=O)c2ccccc12)C(=O)O. The maximum Gasteiger partial charge on any atom is 0.410 e. The van der Waals surface area contributed by atoms with E-state index in [2.05, 4.69) is 0 Å². The van der Waals surface area contributed by atoms with E-state index in [1.807, 2.05) is 42.5 Å². The van der Waals surface area contributed by atoms with Gasteiger partial charge in [0.25, 0.3) is 0 Å². The van der Waals surface area contributed by atoms with Gasteiger partial charge in [0, 0.05) is 25.1 Å². The van der Waals surface area contributed by atoms with Crippen LogP contribution in [0.3, 0.4) is 0 Å². The van der Waals surface area contributed by atoms with Crippen molar-refractivity contribution in [3.63, 3.8) is 0 Å². The number of para-hydroxylation sites is 1. The van der Waals surface area contributed by atoms with E-state index in [1.54, 1.807) is 18.3 Å². The summed E-state index contributed by atoms with van der Waals surface area (Å²) in [6, 6.07) is 15.2. The molecule has 0 spiro atoms. The number of fused-ring (bicyclic) bond motifs is 1. The average molecular weight is 380 g/mol. The number of rotatable bonds is 7. The lowest BCUT2D eigenvalue weighted by Crippen LogP contribution is -2.44. The zero-order chi connectivity index (χ0) is 20.1. The Bertz CT molecular complexity index is 996. The Morgan fingerprint density at radius 1 is 1.14 bits per heavy atom. The molecule has 0 aliphatic heterocycles. The maximum atomic E-state index is 12.4. The molecule has 7 heteroatoms. The Kier molecular flexibility index (Phi) is 5.74. The van der Waals surface area contributed by atoms with Crippen molar-refractivity contribution < 1.29 is 24.2 Å².